The van der Waals surface area contributed by atoms with E-state index in [2.05, 4.69) is 25.3 Å². The third-order valence-electron chi connectivity index (χ3n) is 5.52. The molecule has 4 rings (SSSR count). The molecule has 1 aromatic carbocycles. The van der Waals surface area contributed by atoms with Gasteiger partial charge in [-0.15, -0.1) is 11.3 Å². The minimum Gasteiger partial charge on any atom is -0.755 e. The number of imidazole rings is 1. The number of benzene rings is 1. The standard InChI is InChI=1S/C23H29N7O3S2/c1-2-18(13-31)26-23-27-21(24-12-16-7-4-3-5-8-16)20-22(28-23)30(15-25-20)10-6-9-17-11-19(34-14-17)29-35(32)33/h3-5,7-8,11,14-15,18,29,31H,2,6,9-10,12-13H2,1H3,(H,32,33)(H2,24,26,27,28)/p-1/t18-/m1/s1. The van der Waals surface area contributed by atoms with Gasteiger partial charge in [0.25, 0.3) is 0 Å². The number of nitrogens with zero attached hydrogens (tertiary/aromatic N) is 4. The number of aromatic nitrogens is 4. The van der Waals surface area contributed by atoms with E-state index in [9.17, 15) is 13.9 Å². The monoisotopic (exact) mass is 514 g/mol. The fourth-order valence-corrected chi connectivity index (χ4v) is 4.94. The molecule has 0 bridgehead atoms. The second-order valence-corrected chi connectivity index (χ2v) is 9.62. The summed E-state index contributed by atoms with van der Waals surface area (Å²) in [7, 11) is 0. The summed E-state index contributed by atoms with van der Waals surface area (Å²) in [6, 6.07) is 11.8. The van der Waals surface area contributed by atoms with Gasteiger partial charge in [0.15, 0.2) is 17.0 Å². The van der Waals surface area contributed by atoms with Gasteiger partial charge in [0.1, 0.15) is 0 Å². The molecule has 0 amide bonds. The van der Waals surface area contributed by atoms with Crippen LogP contribution in [0.25, 0.3) is 11.2 Å². The van der Waals surface area contributed by atoms with Crippen LogP contribution in [0.5, 0.6) is 0 Å². The Bertz CT molecular complexity index is 1260. The van der Waals surface area contributed by atoms with Crippen LogP contribution in [0.1, 0.15) is 30.9 Å². The Morgan fingerprint density at radius 1 is 1.23 bits per heavy atom. The van der Waals surface area contributed by atoms with Crippen LogP contribution in [-0.4, -0.2) is 46.0 Å². The Morgan fingerprint density at radius 3 is 2.80 bits per heavy atom. The molecule has 0 aliphatic heterocycles. The van der Waals surface area contributed by atoms with E-state index in [1.165, 1.54) is 11.3 Å². The number of aryl methyl sites for hydroxylation is 2. The van der Waals surface area contributed by atoms with Crippen LogP contribution < -0.4 is 15.4 Å². The molecule has 2 atom stereocenters. The van der Waals surface area contributed by atoms with Crippen molar-refractivity contribution in [1.29, 1.82) is 0 Å². The summed E-state index contributed by atoms with van der Waals surface area (Å²) >= 11 is -0.953. The molecule has 0 radical (unpaired) electrons. The van der Waals surface area contributed by atoms with E-state index in [0.29, 0.717) is 41.0 Å². The summed E-state index contributed by atoms with van der Waals surface area (Å²) in [5, 5.41) is 18.8. The Kier molecular flexibility index (Phi) is 8.64. The Hall–Kier alpha value is -3.06. The van der Waals surface area contributed by atoms with Gasteiger partial charge in [0.05, 0.1) is 24.0 Å². The van der Waals surface area contributed by atoms with Crippen molar-refractivity contribution in [1.82, 2.24) is 19.5 Å². The van der Waals surface area contributed by atoms with Crippen molar-refractivity contribution in [3.8, 4) is 0 Å². The molecule has 0 saturated carbocycles. The van der Waals surface area contributed by atoms with Crippen LogP contribution in [0.15, 0.2) is 48.1 Å². The highest BCUT2D eigenvalue weighted by atomic mass is 32.2. The number of aliphatic hydroxyl groups excluding tert-OH is 1. The van der Waals surface area contributed by atoms with Gasteiger partial charge in [0.2, 0.25) is 5.95 Å². The molecule has 0 spiro atoms. The predicted molar refractivity (Wildman–Crippen MR) is 139 cm³/mol. The van der Waals surface area contributed by atoms with E-state index in [4.69, 9.17) is 4.98 Å². The third kappa shape index (κ3) is 6.75. The number of rotatable bonds is 13. The van der Waals surface area contributed by atoms with Crippen molar-refractivity contribution in [2.45, 2.75) is 45.3 Å². The maximum atomic E-state index is 10.8. The average Bonchev–Trinajstić information content (AvgIpc) is 3.48. The van der Waals surface area contributed by atoms with E-state index in [1.54, 1.807) is 6.33 Å². The van der Waals surface area contributed by atoms with E-state index in [1.807, 2.05) is 53.3 Å². The quantitative estimate of drug-likeness (QED) is 0.199. The van der Waals surface area contributed by atoms with Crippen LogP contribution >= 0.6 is 11.3 Å². The molecule has 1 unspecified atom stereocenters. The molecule has 0 aliphatic rings. The lowest BCUT2D eigenvalue weighted by atomic mass is 10.2. The molecule has 0 aliphatic carbocycles. The van der Waals surface area contributed by atoms with Crippen molar-refractivity contribution < 1.29 is 13.9 Å². The van der Waals surface area contributed by atoms with Gasteiger partial charge >= 0.3 is 0 Å². The molecular weight excluding hydrogens is 486 g/mol. The fraction of sp³-hybridized carbons (Fsp3) is 0.348. The van der Waals surface area contributed by atoms with Crippen LogP contribution in [0.4, 0.5) is 16.8 Å². The van der Waals surface area contributed by atoms with Crippen LogP contribution in [0.3, 0.4) is 0 Å². The highest BCUT2D eigenvalue weighted by Gasteiger charge is 2.15. The van der Waals surface area contributed by atoms with E-state index >= 15 is 0 Å². The zero-order chi connectivity index (χ0) is 24.6. The summed E-state index contributed by atoms with van der Waals surface area (Å²) < 4.78 is 26.0. The van der Waals surface area contributed by atoms with Gasteiger partial charge in [-0.05, 0) is 41.8 Å². The number of anilines is 3. The normalized spacial score (nSPS) is 13.0. The molecule has 12 heteroatoms. The first-order chi connectivity index (χ1) is 17.1. The molecule has 4 aromatic rings. The molecule has 0 fully saturated rings. The summed E-state index contributed by atoms with van der Waals surface area (Å²) in [6.45, 7) is 3.26. The number of nitrogens with one attached hydrogen (secondary N) is 3. The molecule has 3 aromatic heterocycles. The highest BCUT2D eigenvalue weighted by Crippen LogP contribution is 2.24. The molecule has 186 valence electrons. The molecule has 35 heavy (non-hydrogen) atoms. The smallest absolute Gasteiger partial charge is 0.227 e. The number of aliphatic hydroxyl groups is 1. The number of hydrogen-bond acceptors (Lipinski definition) is 9. The highest BCUT2D eigenvalue weighted by molar-refractivity contribution is 7.80. The van der Waals surface area contributed by atoms with E-state index < -0.39 is 11.3 Å². The SMILES string of the molecule is CC[C@H](CO)Nc1nc(NCc2ccccc2)c2ncn(CCCc3csc(NS(=O)[O-])c3)c2n1. The van der Waals surface area contributed by atoms with Crippen molar-refractivity contribution >= 4 is 50.5 Å². The molecular formula is C23H28N7O3S2-. The van der Waals surface area contributed by atoms with Gasteiger partial charge in [-0.25, -0.2) is 4.98 Å². The van der Waals surface area contributed by atoms with Crippen molar-refractivity contribution in [2.75, 3.05) is 22.0 Å². The molecule has 10 nitrogen and oxygen atoms in total. The summed E-state index contributed by atoms with van der Waals surface area (Å²) in [5.41, 5.74) is 3.59. The second kappa shape index (κ2) is 12.1. The lowest BCUT2D eigenvalue weighted by Gasteiger charge is -2.15. The van der Waals surface area contributed by atoms with Gasteiger partial charge in [-0.1, -0.05) is 37.3 Å². The fourth-order valence-electron chi connectivity index (χ4n) is 3.63. The Balaban J connectivity index is 1.52. The lowest BCUT2D eigenvalue weighted by molar-refractivity contribution is 0.271. The first-order valence-corrected chi connectivity index (χ1v) is 13.3. The largest absolute Gasteiger partial charge is 0.755 e. The zero-order valence-corrected chi connectivity index (χ0v) is 20.9. The Labute approximate surface area is 210 Å². The van der Waals surface area contributed by atoms with Crippen molar-refractivity contribution in [3.05, 3.63) is 59.2 Å². The lowest BCUT2D eigenvalue weighted by Crippen LogP contribution is -2.24. The van der Waals surface area contributed by atoms with Crippen LogP contribution in [-0.2, 0) is 30.8 Å². The molecule has 3 heterocycles. The van der Waals surface area contributed by atoms with Gasteiger partial charge in [0, 0.05) is 24.4 Å². The van der Waals surface area contributed by atoms with E-state index in [-0.39, 0.29) is 12.6 Å². The van der Waals surface area contributed by atoms with Gasteiger partial charge in [-0.3, -0.25) is 4.21 Å². The number of thiophene rings is 1. The number of fused-ring (bicyclic) bond motifs is 1. The summed E-state index contributed by atoms with van der Waals surface area (Å²) in [4.78, 5) is 13.9. The first kappa shape index (κ1) is 25.0. The minimum atomic E-state index is -2.32. The van der Waals surface area contributed by atoms with Crippen LogP contribution in [0.2, 0.25) is 0 Å². The minimum absolute atomic E-state index is 0.0125. The van der Waals surface area contributed by atoms with Crippen molar-refractivity contribution in [3.63, 3.8) is 0 Å². The summed E-state index contributed by atoms with van der Waals surface area (Å²) in [6.07, 6.45) is 4.12. The van der Waals surface area contributed by atoms with Crippen LogP contribution in [0, 0.1) is 0 Å². The Morgan fingerprint density at radius 2 is 2.06 bits per heavy atom. The second-order valence-electron chi connectivity index (χ2n) is 8.04. The first-order valence-electron chi connectivity index (χ1n) is 11.4. The average molecular weight is 515 g/mol. The topological polar surface area (TPSA) is 140 Å². The van der Waals surface area contributed by atoms with E-state index in [0.717, 1.165) is 30.4 Å². The van der Waals surface area contributed by atoms with Gasteiger partial charge in [-0.2, -0.15) is 9.97 Å². The van der Waals surface area contributed by atoms with Crippen molar-refractivity contribution in [2.24, 2.45) is 0 Å². The maximum Gasteiger partial charge on any atom is 0.227 e. The molecule has 4 N–H and O–H groups in total. The van der Waals surface area contributed by atoms with Gasteiger partial charge < -0.3 is 29.6 Å². The molecule has 0 saturated heterocycles. The predicted octanol–water partition coefficient (Wildman–Crippen LogP) is 3.52. The maximum absolute atomic E-state index is 10.8. The number of hydrogen-bond donors (Lipinski definition) is 4. The summed E-state index contributed by atoms with van der Waals surface area (Å²) in [5.74, 6) is 1.07. The third-order valence-corrected chi connectivity index (χ3v) is 6.93. The zero-order valence-electron chi connectivity index (χ0n) is 19.3.